The molecule has 1 atom stereocenters. The molecular weight excluding hydrogens is 314 g/mol. The summed E-state index contributed by atoms with van der Waals surface area (Å²) in [7, 11) is -0.623. The predicted octanol–water partition coefficient (Wildman–Crippen LogP) is 1.16. The van der Waals surface area contributed by atoms with E-state index in [9.17, 15) is 13.2 Å². The maximum atomic E-state index is 12.8. The minimum absolute atomic E-state index is 0.0477. The minimum Gasteiger partial charge on any atom is -0.398 e. The molecule has 0 bridgehead atoms. The van der Waals surface area contributed by atoms with Gasteiger partial charge in [-0.15, -0.1) is 0 Å². The lowest BCUT2D eigenvalue weighted by Gasteiger charge is -2.26. The van der Waals surface area contributed by atoms with E-state index in [0.717, 1.165) is 0 Å². The molecule has 6 nitrogen and oxygen atoms in total. The Morgan fingerprint density at radius 1 is 1.43 bits per heavy atom. The Labute approximate surface area is 129 Å². The van der Waals surface area contributed by atoms with Gasteiger partial charge in [0.1, 0.15) is 10.9 Å². The molecule has 21 heavy (non-hydrogen) atoms. The highest BCUT2D eigenvalue weighted by Gasteiger charge is 2.40. The van der Waals surface area contributed by atoms with Crippen LogP contribution < -0.4 is 5.73 Å². The van der Waals surface area contributed by atoms with Crippen molar-refractivity contribution in [2.75, 3.05) is 26.4 Å². The quantitative estimate of drug-likeness (QED) is 0.842. The number of hydrogen-bond acceptors (Lipinski definition) is 4. The van der Waals surface area contributed by atoms with Crippen LogP contribution in [0.2, 0.25) is 5.02 Å². The van der Waals surface area contributed by atoms with Gasteiger partial charge < -0.3 is 10.6 Å². The second kappa shape index (κ2) is 5.82. The SMILES string of the molecule is CN(C)C(=O)C1CCCN1S(=O)(=O)c1cc(Cl)ccc1N. The second-order valence-electron chi connectivity index (χ2n) is 5.19. The van der Waals surface area contributed by atoms with Crippen molar-refractivity contribution in [1.29, 1.82) is 0 Å². The van der Waals surface area contributed by atoms with Crippen molar-refractivity contribution in [1.82, 2.24) is 9.21 Å². The number of anilines is 1. The van der Waals surface area contributed by atoms with E-state index in [1.807, 2.05) is 0 Å². The van der Waals surface area contributed by atoms with E-state index in [-0.39, 0.29) is 21.5 Å². The van der Waals surface area contributed by atoms with Gasteiger partial charge in [0, 0.05) is 25.7 Å². The van der Waals surface area contributed by atoms with Gasteiger partial charge in [-0.05, 0) is 31.0 Å². The van der Waals surface area contributed by atoms with Crippen molar-refractivity contribution in [3.8, 4) is 0 Å². The van der Waals surface area contributed by atoms with Crippen LogP contribution >= 0.6 is 11.6 Å². The second-order valence-corrected chi connectivity index (χ2v) is 7.48. The number of rotatable bonds is 3. The number of nitrogens with zero attached hydrogens (tertiary/aromatic N) is 2. The smallest absolute Gasteiger partial charge is 0.245 e. The molecule has 1 aliphatic heterocycles. The van der Waals surface area contributed by atoms with Gasteiger partial charge in [0.2, 0.25) is 15.9 Å². The van der Waals surface area contributed by atoms with E-state index in [2.05, 4.69) is 0 Å². The Balaban J connectivity index is 2.43. The fourth-order valence-electron chi connectivity index (χ4n) is 2.43. The Bertz CT molecular complexity index is 661. The monoisotopic (exact) mass is 331 g/mol. The van der Waals surface area contributed by atoms with Gasteiger partial charge in [-0.1, -0.05) is 11.6 Å². The molecular formula is C13H18ClN3O3S. The van der Waals surface area contributed by atoms with Crippen LogP contribution in [0.15, 0.2) is 23.1 Å². The standard InChI is InChI=1S/C13H18ClN3O3S/c1-16(2)13(18)11-4-3-7-17(11)21(19,20)12-8-9(14)5-6-10(12)15/h5-6,8,11H,3-4,7,15H2,1-2H3. The first-order chi connectivity index (χ1) is 9.75. The van der Waals surface area contributed by atoms with Crippen LogP contribution in [0, 0.1) is 0 Å². The maximum Gasteiger partial charge on any atom is 0.245 e. The van der Waals surface area contributed by atoms with Gasteiger partial charge in [-0.2, -0.15) is 4.31 Å². The highest BCUT2D eigenvalue weighted by molar-refractivity contribution is 7.89. The van der Waals surface area contributed by atoms with Crippen LogP contribution in [0.5, 0.6) is 0 Å². The number of carbonyl (C=O) groups excluding carboxylic acids is 1. The van der Waals surface area contributed by atoms with Crippen LogP contribution in [0.4, 0.5) is 5.69 Å². The molecule has 116 valence electrons. The molecule has 1 aliphatic rings. The van der Waals surface area contributed by atoms with Crippen molar-refractivity contribution in [2.24, 2.45) is 0 Å². The van der Waals surface area contributed by atoms with Gasteiger partial charge in [0.25, 0.3) is 0 Å². The summed E-state index contributed by atoms with van der Waals surface area (Å²) in [6.45, 7) is 0.304. The zero-order valence-corrected chi connectivity index (χ0v) is 13.5. The molecule has 1 fully saturated rings. The lowest BCUT2D eigenvalue weighted by Crippen LogP contribution is -2.45. The number of carbonyl (C=O) groups is 1. The molecule has 0 aromatic heterocycles. The normalized spacial score (nSPS) is 19.7. The summed E-state index contributed by atoms with van der Waals surface area (Å²) in [5.74, 6) is -0.225. The van der Waals surface area contributed by atoms with Gasteiger partial charge in [0.15, 0.2) is 0 Å². The van der Waals surface area contributed by atoms with E-state index in [0.29, 0.717) is 19.4 Å². The molecule has 1 amide bonds. The van der Waals surface area contributed by atoms with E-state index in [4.69, 9.17) is 17.3 Å². The highest BCUT2D eigenvalue weighted by atomic mass is 35.5. The highest BCUT2D eigenvalue weighted by Crippen LogP contribution is 2.31. The summed E-state index contributed by atoms with van der Waals surface area (Å²) < 4.78 is 26.7. The van der Waals surface area contributed by atoms with E-state index < -0.39 is 16.1 Å². The van der Waals surface area contributed by atoms with Gasteiger partial charge in [-0.3, -0.25) is 4.79 Å². The fourth-order valence-corrected chi connectivity index (χ4v) is 4.46. The summed E-state index contributed by atoms with van der Waals surface area (Å²) in [6, 6.07) is 3.63. The first-order valence-electron chi connectivity index (χ1n) is 6.53. The number of amides is 1. The molecule has 1 unspecified atom stereocenters. The number of nitrogens with two attached hydrogens (primary N) is 1. The van der Waals surface area contributed by atoms with Crippen molar-refractivity contribution < 1.29 is 13.2 Å². The van der Waals surface area contributed by atoms with Crippen LogP contribution in [0.25, 0.3) is 0 Å². The number of nitrogen functional groups attached to an aromatic ring is 1. The average Bonchev–Trinajstić information content (AvgIpc) is 2.90. The molecule has 1 aromatic carbocycles. The zero-order chi connectivity index (χ0) is 15.8. The third kappa shape index (κ3) is 3.00. The molecule has 2 rings (SSSR count). The number of sulfonamides is 1. The molecule has 0 radical (unpaired) electrons. The summed E-state index contributed by atoms with van der Waals surface area (Å²) >= 11 is 5.87. The van der Waals surface area contributed by atoms with Crippen LogP contribution in [-0.2, 0) is 14.8 Å². The number of benzene rings is 1. The van der Waals surface area contributed by atoms with Crippen molar-refractivity contribution in [3.63, 3.8) is 0 Å². The molecule has 1 saturated heterocycles. The summed E-state index contributed by atoms with van der Waals surface area (Å²) in [5, 5.41) is 0.289. The van der Waals surface area contributed by atoms with E-state index >= 15 is 0 Å². The Morgan fingerprint density at radius 2 is 2.10 bits per heavy atom. The van der Waals surface area contributed by atoms with E-state index in [1.165, 1.54) is 27.4 Å². The summed E-state index contributed by atoms with van der Waals surface area (Å²) in [6.07, 6.45) is 1.15. The third-order valence-corrected chi connectivity index (χ3v) is 5.69. The molecule has 0 aliphatic carbocycles. The molecule has 8 heteroatoms. The van der Waals surface area contributed by atoms with Gasteiger partial charge in [0.05, 0.1) is 5.69 Å². The van der Waals surface area contributed by atoms with Gasteiger partial charge >= 0.3 is 0 Å². The fraction of sp³-hybridized carbons (Fsp3) is 0.462. The van der Waals surface area contributed by atoms with Crippen molar-refractivity contribution in [2.45, 2.75) is 23.8 Å². The van der Waals surface area contributed by atoms with Crippen LogP contribution in [0.3, 0.4) is 0 Å². The minimum atomic E-state index is -3.84. The average molecular weight is 332 g/mol. The topological polar surface area (TPSA) is 83.7 Å². The third-order valence-electron chi connectivity index (χ3n) is 3.49. The molecule has 2 N–H and O–H groups in total. The Kier molecular flexibility index (Phi) is 4.46. The number of halogens is 1. The van der Waals surface area contributed by atoms with Crippen LogP contribution in [-0.4, -0.2) is 50.2 Å². The lowest BCUT2D eigenvalue weighted by atomic mass is 10.2. The Hall–Kier alpha value is -1.31. The van der Waals surface area contributed by atoms with E-state index in [1.54, 1.807) is 14.1 Å². The first-order valence-corrected chi connectivity index (χ1v) is 8.35. The van der Waals surface area contributed by atoms with Crippen molar-refractivity contribution >= 4 is 33.2 Å². The summed E-state index contributed by atoms with van der Waals surface area (Å²) in [5.41, 5.74) is 5.89. The zero-order valence-electron chi connectivity index (χ0n) is 11.9. The molecule has 1 heterocycles. The largest absolute Gasteiger partial charge is 0.398 e. The Morgan fingerprint density at radius 3 is 2.71 bits per heavy atom. The predicted molar refractivity (Wildman–Crippen MR) is 81.5 cm³/mol. The lowest BCUT2D eigenvalue weighted by molar-refractivity contribution is -0.132. The molecule has 1 aromatic rings. The summed E-state index contributed by atoms with van der Waals surface area (Å²) in [4.78, 5) is 13.5. The maximum absolute atomic E-state index is 12.8. The molecule has 0 saturated carbocycles. The first kappa shape index (κ1) is 16.1. The molecule has 0 spiro atoms. The number of likely N-dealkylation sites (N-methyl/N-ethyl adjacent to an activating group) is 1. The van der Waals surface area contributed by atoms with Crippen molar-refractivity contribution in [3.05, 3.63) is 23.2 Å². The van der Waals surface area contributed by atoms with Gasteiger partial charge in [-0.25, -0.2) is 8.42 Å². The van der Waals surface area contributed by atoms with Crippen LogP contribution in [0.1, 0.15) is 12.8 Å². The number of hydrogen-bond donors (Lipinski definition) is 1.